The molecule has 1 saturated heterocycles. The van der Waals surface area contributed by atoms with Crippen molar-refractivity contribution in [3.63, 3.8) is 0 Å². The van der Waals surface area contributed by atoms with Gasteiger partial charge in [-0.1, -0.05) is 24.3 Å². The smallest absolute Gasteiger partial charge is 0.253 e. The van der Waals surface area contributed by atoms with Gasteiger partial charge in [-0.15, -0.1) is 0 Å². The van der Waals surface area contributed by atoms with E-state index in [1.165, 1.54) is 5.57 Å². The Labute approximate surface area is 205 Å². The fourth-order valence-electron chi connectivity index (χ4n) is 4.88. The third kappa shape index (κ3) is 5.05. The molecule has 0 spiro atoms. The quantitative estimate of drug-likeness (QED) is 0.576. The molecule has 2 aromatic heterocycles. The number of imidazole rings is 1. The molecule has 0 atom stereocenters. The van der Waals surface area contributed by atoms with Crippen molar-refractivity contribution >= 4 is 28.6 Å². The number of allylic oxidation sites excluding steroid dienone is 4. The molecule has 0 unspecified atom stereocenters. The number of pyridine rings is 1. The van der Waals surface area contributed by atoms with Gasteiger partial charge >= 0.3 is 0 Å². The maximum Gasteiger partial charge on any atom is 0.253 e. The molecule has 5 rings (SSSR count). The number of hydrogen-bond acceptors (Lipinski definition) is 4. The Kier molecular flexibility index (Phi) is 6.77. The molecule has 3 aromatic rings. The number of nitrogens with zero attached hydrogens (tertiary/aromatic N) is 3. The van der Waals surface area contributed by atoms with Crippen molar-refractivity contribution in [1.29, 1.82) is 0 Å². The summed E-state index contributed by atoms with van der Waals surface area (Å²) in [5, 5.41) is 2.99. The predicted molar refractivity (Wildman–Crippen MR) is 136 cm³/mol. The summed E-state index contributed by atoms with van der Waals surface area (Å²) >= 11 is 0. The van der Waals surface area contributed by atoms with Crippen molar-refractivity contribution in [3.8, 4) is 0 Å². The second-order valence-corrected chi connectivity index (χ2v) is 9.07. The number of fused-ring (bicyclic) bond motifs is 1. The summed E-state index contributed by atoms with van der Waals surface area (Å²) in [5.74, 6) is -0.0937. The number of anilines is 1. The standard InChI is InChI=1S/C28H30N4O3/c1-35-24-13-15-31(16-14-24)28(34)21-7-9-22(10-8-21)30-27(33)17-26-25(20-5-3-2-4-6-20)12-11-23-18-29-19-32(23)26/h2-3,5,7-12,18-19,24H,4,6,13-17H2,1H3,(H,30,33). The summed E-state index contributed by atoms with van der Waals surface area (Å²) in [6, 6.07) is 11.3. The number of methoxy groups -OCH3 is 1. The van der Waals surface area contributed by atoms with Gasteiger partial charge in [0.25, 0.3) is 5.91 Å². The Morgan fingerprint density at radius 3 is 2.63 bits per heavy atom. The highest BCUT2D eigenvalue weighted by Crippen LogP contribution is 2.28. The number of likely N-dealkylation sites (tertiary alicyclic amines) is 1. The van der Waals surface area contributed by atoms with E-state index < -0.39 is 0 Å². The lowest BCUT2D eigenvalue weighted by atomic mass is 9.94. The average molecular weight is 471 g/mol. The van der Waals surface area contributed by atoms with Crippen LogP contribution in [0.1, 0.15) is 47.3 Å². The fraction of sp³-hybridized carbons (Fsp3) is 0.321. The number of piperidine rings is 1. The molecule has 1 fully saturated rings. The topological polar surface area (TPSA) is 75.9 Å². The number of ether oxygens (including phenoxy) is 1. The first-order valence-corrected chi connectivity index (χ1v) is 12.1. The van der Waals surface area contributed by atoms with Crippen LogP contribution in [0.2, 0.25) is 0 Å². The minimum Gasteiger partial charge on any atom is -0.381 e. The van der Waals surface area contributed by atoms with Crippen LogP contribution in [0.25, 0.3) is 11.1 Å². The first kappa shape index (κ1) is 23.1. The number of amides is 2. The van der Waals surface area contributed by atoms with Gasteiger partial charge in [-0.2, -0.15) is 0 Å². The Morgan fingerprint density at radius 1 is 1.11 bits per heavy atom. The Morgan fingerprint density at radius 2 is 1.91 bits per heavy atom. The SMILES string of the molecule is COC1CCN(C(=O)c2ccc(NC(=O)Cc3c(C4=CC=CCC4)ccc4cncn34)cc2)CC1. The average Bonchev–Trinajstić information content (AvgIpc) is 3.39. The first-order chi connectivity index (χ1) is 17.1. The zero-order valence-corrected chi connectivity index (χ0v) is 19.9. The normalized spacial score (nSPS) is 16.4. The number of hydrogen-bond donors (Lipinski definition) is 1. The number of aromatic nitrogens is 2. The van der Waals surface area contributed by atoms with E-state index in [4.69, 9.17) is 4.74 Å². The Balaban J connectivity index is 1.28. The molecular formula is C28H30N4O3. The van der Waals surface area contributed by atoms with Gasteiger partial charge in [-0.05, 0) is 67.2 Å². The molecule has 2 amide bonds. The highest BCUT2D eigenvalue weighted by molar-refractivity contribution is 5.96. The molecule has 1 aliphatic heterocycles. The highest BCUT2D eigenvalue weighted by atomic mass is 16.5. The van der Waals surface area contributed by atoms with Crippen molar-refractivity contribution in [1.82, 2.24) is 14.3 Å². The summed E-state index contributed by atoms with van der Waals surface area (Å²) < 4.78 is 7.38. The Hall–Kier alpha value is -3.71. The molecule has 1 aromatic carbocycles. The van der Waals surface area contributed by atoms with Gasteiger partial charge in [0.05, 0.1) is 30.6 Å². The Bertz CT molecular complexity index is 1280. The highest BCUT2D eigenvalue weighted by Gasteiger charge is 2.23. The van der Waals surface area contributed by atoms with Crippen LogP contribution >= 0.6 is 0 Å². The lowest BCUT2D eigenvalue weighted by Gasteiger charge is -2.31. The van der Waals surface area contributed by atoms with Crippen LogP contribution in [0.15, 0.2) is 67.2 Å². The van der Waals surface area contributed by atoms with Gasteiger partial charge in [0.1, 0.15) is 0 Å². The van der Waals surface area contributed by atoms with Crippen LogP contribution in [0.4, 0.5) is 5.69 Å². The van der Waals surface area contributed by atoms with E-state index in [0.29, 0.717) is 24.3 Å². The molecule has 0 bridgehead atoms. The van der Waals surface area contributed by atoms with Gasteiger partial charge in [-0.25, -0.2) is 4.98 Å². The van der Waals surface area contributed by atoms with E-state index in [1.54, 1.807) is 43.9 Å². The maximum atomic E-state index is 13.0. The number of rotatable bonds is 6. The molecule has 0 saturated carbocycles. The van der Waals surface area contributed by atoms with Crippen molar-refractivity contribution in [2.45, 2.75) is 38.2 Å². The summed E-state index contributed by atoms with van der Waals surface area (Å²) in [4.78, 5) is 32.0. The monoisotopic (exact) mass is 470 g/mol. The van der Waals surface area contributed by atoms with E-state index in [1.807, 2.05) is 15.4 Å². The molecule has 7 heteroatoms. The lowest BCUT2D eigenvalue weighted by molar-refractivity contribution is -0.115. The van der Waals surface area contributed by atoms with E-state index in [-0.39, 0.29) is 24.3 Å². The van der Waals surface area contributed by atoms with Gasteiger partial charge in [-0.3, -0.25) is 9.59 Å². The summed E-state index contributed by atoms with van der Waals surface area (Å²) in [6.07, 6.45) is 14.0. The summed E-state index contributed by atoms with van der Waals surface area (Å²) in [6.45, 7) is 1.40. The van der Waals surface area contributed by atoms with E-state index in [0.717, 1.165) is 42.5 Å². The summed E-state index contributed by atoms with van der Waals surface area (Å²) in [7, 11) is 1.72. The largest absolute Gasteiger partial charge is 0.381 e. The maximum absolute atomic E-state index is 13.0. The van der Waals surface area contributed by atoms with E-state index in [9.17, 15) is 9.59 Å². The molecule has 35 heavy (non-hydrogen) atoms. The number of benzene rings is 1. The third-order valence-corrected chi connectivity index (χ3v) is 6.86. The van der Waals surface area contributed by atoms with Crippen LogP contribution in [0.3, 0.4) is 0 Å². The predicted octanol–water partition coefficient (Wildman–Crippen LogP) is 4.50. The minimum absolute atomic E-state index is 0.0173. The van der Waals surface area contributed by atoms with Gasteiger partial charge in [0.15, 0.2) is 0 Å². The zero-order chi connectivity index (χ0) is 24.2. The molecular weight excluding hydrogens is 440 g/mol. The minimum atomic E-state index is -0.111. The van der Waals surface area contributed by atoms with Crippen molar-refractivity contribution < 1.29 is 14.3 Å². The van der Waals surface area contributed by atoms with Crippen molar-refractivity contribution in [2.24, 2.45) is 0 Å². The molecule has 1 N–H and O–H groups in total. The first-order valence-electron chi connectivity index (χ1n) is 12.1. The van der Waals surface area contributed by atoms with Crippen LogP contribution in [-0.2, 0) is 16.0 Å². The van der Waals surface area contributed by atoms with Crippen LogP contribution < -0.4 is 5.32 Å². The molecule has 180 valence electrons. The molecule has 1 aliphatic carbocycles. The second kappa shape index (κ2) is 10.3. The van der Waals surface area contributed by atoms with Crippen LogP contribution in [0.5, 0.6) is 0 Å². The third-order valence-electron chi connectivity index (χ3n) is 6.86. The van der Waals surface area contributed by atoms with Gasteiger partial charge < -0.3 is 19.4 Å². The van der Waals surface area contributed by atoms with Crippen molar-refractivity contribution in [3.05, 3.63) is 84.0 Å². The van der Waals surface area contributed by atoms with Crippen LogP contribution in [-0.4, -0.2) is 52.4 Å². The fourth-order valence-corrected chi connectivity index (χ4v) is 4.88. The van der Waals surface area contributed by atoms with Crippen molar-refractivity contribution in [2.75, 3.05) is 25.5 Å². The second-order valence-electron chi connectivity index (χ2n) is 9.07. The number of nitrogens with one attached hydrogen (secondary N) is 1. The molecule has 3 heterocycles. The van der Waals surface area contributed by atoms with Gasteiger partial charge in [0, 0.05) is 37.1 Å². The van der Waals surface area contributed by atoms with Gasteiger partial charge in [0.2, 0.25) is 5.91 Å². The molecule has 2 aliphatic rings. The molecule has 7 nitrogen and oxygen atoms in total. The zero-order valence-electron chi connectivity index (χ0n) is 19.9. The van der Waals surface area contributed by atoms with E-state index in [2.05, 4.69) is 34.6 Å². The lowest BCUT2D eigenvalue weighted by Crippen LogP contribution is -2.40. The summed E-state index contributed by atoms with van der Waals surface area (Å²) in [5.41, 5.74) is 5.48. The number of carbonyl (C=O) groups excluding carboxylic acids is 2. The van der Waals surface area contributed by atoms with E-state index >= 15 is 0 Å². The number of carbonyl (C=O) groups is 2. The van der Waals surface area contributed by atoms with Crippen LogP contribution in [0, 0.1) is 0 Å². The molecule has 0 radical (unpaired) electrons.